The number of fused-ring (bicyclic) bond motifs is 14. The maximum absolute atomic E-state index is 14.8. The molecule has 0 saturated heterocycles. The van der Waals surface area contributed by atoms with E-state index in [0.717, 1.165) is 0 Å². The minimum absolute atomic E-state index is 0.0212. The molecule has 91 heavy (non-hydrogen) atoms. The first-order chi connectivity index (χ1) is 43.4. The summed E-state index contributed by atoms with van der Waals surface area (Å²) in [7, 11) is -19.7. The average molecular weight is 1340 g/mol. The van der Waals surface area contributed by atoms with Crippen LogP contribution in [0.3, 0.4) is 0 Å². The summed E-state index contributed by atoms with van der Waals surface area (Å²) in [6, 6.07) is 53.8. The van der Waals surface area contributed by atoms with Crippen molar-refractivity contribution in [1.82, 2.24) is 8.47 Å². The number of rotatable bonds is 16. The first-order valence-electron chi connectivity index (χ1n) is 28.4. The molecule has 2 aromatic heterocycles. The average Bonchev–Trinajstić information content (AvgIpc) is 1.54. The Morgan fingerprint density at radius 2 is 0.824 bits per heavy atom. The number of aliphatic imine (C=N–C) groups is 4. The van der Waals surface area contributed by atoms with Crippen LogP contribution in [0.1, 0.15) is 22.3 Å². The van der Waals surface area contributed by atoms with Gasteiger partial charge in [-0.15, -0.1) is 0 Å². The van der Waals surface area contributed by atoms with E-state index in [1.165, 1.54) is 32.9 Å². The van der Waals surface area contributed by atoms with E-state index in [9.17, 15) is 34.4 Å². The van der Waals surface area contributed by atoms with Crippen LogP contribution in [-0.2, 0) is 50.8 Å². The number of nitrogens with one attached hydrogen (secondary N) is 2. The predicted molar refractivity (Wildman–Crippen MR) is 363 cm³/mol. The molecule has 14 rings (SSSR count). The van der Waals surface area contributed by atoms with E-state index in [2.05, 4.69) is 9.44 Å². The van der Waals surface area contributed by atoms with Crippen LogP contribution in [0.4, 0.5) is 45.8 Å². The highest BCUT2D eigenvalue weighted by atomic mass is 32.2. The van der Waals surface area contributed by atoms with E-state index in [1.807, 2.05) is 43.5 Å². The molecule has 0 radical (unpaired) electrons. The molecular weight excluding hydrogens is 1290 g/mol. The number of amidine groups is 4. The Balaban J connectivity index is 1.18. The van der Waals surface area contributed by atoms with Crippen molar-refractivity contribution in [3.05, 3.63) is 227 Å². The standard InChI is InChI=1S/C62H54N12O10S4Si3/c1-89(2,3)83-91(84-90(4,5)6)73-59-49-32-28-44(72(86(77)78)42-25-17-10-18-26-42)36-53(49)61(73)65-56-48-33-29-45(87(79,80)69-39-19-11-7-12-20-39)37-52(48)58(64-56)68-60-50-34-30-46(88(81,82)70-40-21-13-8-14-22-40)38-54(50)62(74(60)91)66-55-47-31-27-43(35-51(47)57(63-55)67-59)71(85(75)76)41-23-15-9-16-24-41/h7-38,69-70H,1-6H3,(H,75,76)(H,77,78). The van der Waals surface area contributed by atoms with E-state index in [0.29, 0.717) is 61.3 Å². The molecule has 2 atom stereocenters. The quantitative estimate of drug-likeness (QED) is 0.0524. The lowest BCUT2D eigenvalue weighted by atomic mass is 10.1. The van der Waals surface area contributed by atoms with Crippen molar-refractivity contribution in [1.29, 1.82) is 0 Å². The second kappa shape index (κ2) is 22.2. The van der Waals surface area contributed by atoms with Crippen molar-refractivity contribution in [2.24, 2.45) is 30.0 Å². The summed E-state index contributed by atoms with van der Waals surface area (Å²) >= 11 is -5.22. The fourth-order valence-corrected chi connectivity index (χ4v) is 25.1. The van der Waals surface area contributed by atoms with Crippen molar-refractivity contribution >= 4 is 159 Å². The smallest absolute Gasteiger partial charge is 0.404 e. The van der Waals surface area contributed by atoms with Gasteiger partial charge in [0.15, 0.2) is 40.0 Å². The Bertz CT molecular complexity index is 5260. The van der Waals surface area contributed by atoms with Gasteiger partial charge in [-0.1, -0.05) is 72.8 Å². The summed E-state index contributed by atoms with van der Waals surface area (Å²) in [5.41, 5.74) is 3.82. The number of nitrogens with zero attached hydrogens (tertiary/aromatic N) is 10. The molecule has 22 nitrogen and oxygen atoms in total. The Morgan fingerprint density at radius 3 is 1.35 bits per heavy atom. The maximum atomic E-state index is 14.8. The van der Waals surface area contributed by atoms with Gasteiger partial charge in [-0.25, -0.2) is 63.8 Å². The molecule has 8 aromatic carbocycles. The zero-order valence-corrected chi connectivity index (χ0v) is 55.5. The number of para-hydroxylation sites is 4. The fraction of sp³-hybridized carbons (Fsp3) is 0.0968. The minimum atomic E-state index is -4.94. The molecule has 4 aliphatic heterocycles. The van der Waals surface area contributed by atoms with Crippen LogP contribution in [0.25, 0.3) is 21.5 Å². The lowest BCUT2D eigenvalue weighted by Gasteiger charge is -2.41. The molecule has 6 bridgehead atoms. The van der Waals surface area contributed by atoms with Crippen molar-refractivity contribution in [3.63, 3.8) is 0 Å². The zero-order valence-electron chi connectivity index (χ0n) is 49.2. The first-order valence-corrected chi connectivity index (χ1v) is 42.0. The number of benzene rings is 8. The van der Waals surface area contributed by atoms with Crippen LogP contribution in [0, 0.1) is 0 Å². The lowest BCUT2D eigenvalue weighted by Crippen LogP contribution is -2.69. The molecule has 0 saturated carbocycles. The molecule has 4 aliphatic rings. The molecule has 2 unspecified atom stereocenters. The third-order valence-corrected chi connectivity index (χ3v) is 28.1. The van der Waals surface area contributed by atoms with Gasteiger partial charge in [-0.3, -0.25) is 27.0 Å². The molecule has 0 spiro atoms. The van der Waals surface area contributed by atoms with Crippen LogP contribution in [0.15, 0.2) is 234 Å². The number of hydrogen-bond donors (Lipinski definition) is 4. The SMILES string of the molecule is C[Si](C)(C)O[Si]1(O[Si](C)(C)C)n2c3c4cc(S(=O)(=O)Nc5ccccc5)ccc4c2N=C2N=C(N=c4c5cc(N(c6ccccc6)S(=O)O)ccc5c(n41)=NC1=NC(=N3)c3ccc(N(c4ccccc4)S(=O)O)cc31)c1ccc(S(=O)(=O)Nc3ccccc3)cc12. The van der Waals surface area contributed by atoms with Crippen LogP contribution < -0.4 is 29.0 Å². The second-order valence-electron chi connectivity index (χ2n) is 23.4. The third kappa shape index (κ3) is 10.7. The monoisotopic (exact) mass is 1340 g/mol. The van der Waals surface area contributed by atoms with E-state index in [4.69, 9.17) is 38.2 Å². The molecule has 0 amide bonds. The summed E-state index contributed by atoms with van der Waals surface area (Å²) in [6.07, 6.45) is 0. The van der Waals surface area contributed by atoms with Crippen molar-refractivity contribution < 1.29 is 42.6 Å². The highest BCUT2D eigenvalue weighted by Crippen LogP contribution is 2.46. The largest absolute Gasteiger partial charge is 0.582 e. The molecule has 0 fully saturated rings. The Labute approximate surface area is 530 Å². The second-order valence-corrected chi connectivity index (χ2v) is 40.5. The topological polar surface area (TPSA) is 276 Å². The molecule has 4 N–H and O–H groups in total. The van der Waals surface area contributed by atoms with E-state index < -0.39 is 68.1 Å². The normalized spacial score (nSPS) is 15.4. The zero-order chi connectivity index (χ0) is 63.5. The summed E-state index contributed by atoms with van der Waals surface area (Å²) < 4.78 is 135. The van der Waals surface area contributed by atoms with Crippen LogP contribution in [-0.4, -0.2) is 91.7 Å². The summed E-state index contributed by atoms with van der Waals surface area (Å²) in [4.78, 5) is 32.3. The fourth-order valence-electron chi connectivity index (χ4n) is 11.4. The van der Waals surface area contributed by atoms with Crippen molar-refractivity contribution in [2.75, 3.05) is 18.1 Å². The molecule has 0 aliphatic carbocycles. The van der Waals surface area contributed by atoms with Crippen LogP contribution in [0.5, 0.6) is 0 Å². The first kappa shape index (κ1) is 59.6. The van der Waals surface area contributed by atoms with Gasteiger partial charge in [0.2, 0.25) is 0 Å². The molecular formula is C62H54N12O10S4Si3. The van der Waals surface area contributed by atoms with Crippen LogP contribution >= 0.6 is 0 Å². The highest BCUT2D eigenvalue weighted by Gasteiger charge is 2.57. The van der Waals surface area contributed by atoms with Gasteiger partial charge >= 0.3 is 8.88 Å². The van der Waals surface area contributed by atoms with Gasteiger partial charge in [0.1, 0.15) is 22.6 Å². The third-order valence-electron chi connectivity index (χ3n) is 14.9. The van der Waals surface area contributed by atoms with E-state index >= 15 is 0 Å². The van der Waals surface area contributed by atoms with Gasteiger partial charge < -0.3 is 8.23 Å². The number of anilines is 6. The summed E-state index contributed by atoms with van der Waals surface area (Å²) in [5, 5.41) is 1.38. The van der Waals surface area contributed by atoms with Gasteiger partial charge in [-0.05, 0) is 161 Å². The van der Waals surface area contributed by atoms with Crippen LogP contribution in [0.2, 0.25) is 39.3 Å². The Kier molecular flexibility index (Phi) is 14.5. The summed E-state index contributed by atoms with van der Waals surface area (Å²) in [6.45, 7) is 12.0. The molecule has 6 heterocycles. The minimum Gasteiger partial charge on any atom is -0.404 e. The predicted octanol–water partition coefficient (Wildman–Crippen LogP) is 11.2. The van der Waals surface area contributed by atoms with Crippen molar-refractivity contribution in [2.45, 2.75) is 49.1 Å². The van der Waals surface area contributed by atoms with Crippen molar-refractivity contribution in [3.8, 4) is 0 Å². The number of sulfonamides is 2. The highest BCUT2D eigenvalue weighted by molar-refractivity contribution is 7.93. The van der Waals surface area contributed by atoms with Gasteiger partial charge in [0, 0.05) is 55.2 Å². The summed E-state index contributed by atoms with van der Waals surface area (Å²) in [5.74, 6) is 0.530. The molecule has 29 heteroatoms. The maximum Gasteiger partial charge on any atom is 0.582 e. The van der Waals surface area contributed by atoms with Gasteiger partial charge in [0.05, 0.1) is 32.5 Å². The lowest BCUT2D eigenvalue weighted by molar-refractivity contribution is 0.340. The van der Waals surface area contributed by atoms with Gasteiger partial charge in [-0.2, -0.15) is 0 Å². The molecule has 10 aromatic rings. The number of aromatic nitrogens is 2. The molecule has 458 valence electrons. The number of hydrogen-bond acceptors (Lipinski definition) is 14. The van der Waals surface area contributed by atoms with Gasteiger partial charge in [0.25, 0.3) is 42.6 Å². The van der Waals surface area contributed by atoms with E-state index in [1.54, 1.807) is 174 Å². The Morgan fingerprint density at radius 1 is 0.418 bits per heavy atom. The Hall–Kier alpha value is -8.99. The van der Waals surface area contributed by atoms with E-state index in [-0.39, 0.29) is 72.4 Å².